The van der Waals surface area contributed by atoms with Crippen molar-refractivity contribution < 1.29 is 4.79 Å². The van der Waals surface area contributed by atoms with E-state index in [0.717, 1.165) is 28.1 Å². The molecule has 0 saturated carbocycles. The average molecular weight is 353 g/mol. The summed E-state index contributed by atoms with van der Waals surface area (Å²) in [5, 5.41) is 1.41. The number of fused-ring (bicyclic) bond motifs is 2. The number of hydrogen-bond donors (Lipinski definition) is 0. The van der Waals surface area contributed by atoms with Gasteiger partial charge >= 0.3 is 0 Å². The van der Waals surface area contributed by atoms with E-state index in [1.165, 1.54) is 6.07 Å². The van der Waals surface area contributed by atoms with Crippen LogP contribution in [0.5, 0.6) is 0 Å². The summed E-state index contributed by atoms with van der Waals surface area (Å²) in [6.07, 6.45) is 2.46. The minimum Gasteiger partial charge on any atom is -0.338 e. The maximum atomic E-state index is 12.8. The molecule has 25 heavy (non-hydrogen) atoms. The van der Waals surface area contributed by atoms with Crippen LogP contribution in [0.2, 0.25) is 5.02 Å². The number of rotatable bonds is 2. The highest BCUT2D eigenvalue weighted by atomic mass is 35.5. The number of aromatic nitrogens is 1. The second-order valence-electron chi connectivity index (χ2n) is 6.27. The Hall–Kier alpha value is -2.59. The molecule has 0 saturated heterocycles. The Kier molecular flexibility index (Phi) is 4.06. The van der Waals surface area contributed by atoms with Crippen molar-refractivity contribution in [2.75, 3.05) is 6.54 Å². The molecule has 0 atom stereocenters. The third-order valence-electron chi connectivity index (χ3n) is 4.75. The van der Waals surface area contributed by atoms with Crippen LogP contribution in [0.25, 0.3) is 10.9 Å². The first kappa shape index (κ1) is 15.9. The predicted molar refractivity (Wildman–Crippen MR) is 98.8 cm³/mol. The van der Waals surface area contributed by atoms with Gasteiger partial charge in [0.05, 0.1) is 5.52 Å². The molecule has 4 rings (SSSR count). The molecule has 3 aromatic rings. The van der Waals surface area contributed by atoms with Crippen LogP contribution in [-0.2, 0) is 24.3 Å². The molecule has 4 nitrogen and oxygen atoms in total. The van der Waals surface area contributed by atoms with E-state index in [4.69, 9.17) is 11.6 Å². The van der Waals surface area contributed by atoms with Crippen LogP contribution in [0.3, 0.4) is 0 Å². The lowest BCUT2D eigenvalue weighted by molar-refractivity contribution is -0.132. The first-order valence-corrected chi connectivity index (χ1v) is 8.63. The lowest BCUT2D eigenvalue weighted by atomic mass is 10.00. The largest absolute Gasteiger partial charge is 0.338 e. The van der Waals surface area contributed by atoms with Crippen molar-refractivity contribution in [3.8, 4) is 0 Å². The Bertz CT molecular complexity index is 1030. The Morgan fingerprint density at radius 1 is 1.08 bits per heavy atom. The number of para-hydroxylation sites is 1. The van der Waals surface area contributed by atoms with Crippen molar-refractivity contribution in [1.29, 1.82) is 0 Å². The molecule has 5 heteroatoms. The van der Waals surface area contributed by atoms with E-state index in [0.29, 0.717) is 18.5 Å². The number of hydrogen-bond acceptors (Lipinski definition) is 2. The normalized spacial score (nSPS) is 13.7. The molecule has 0 aliphatic carbocycles. The van der Waals surface area contributed by atoms with Crippen LogP contribution >= 0.6 is 11.6 Å². The third-order valence-corrected chi connectivity index (χ3v) is 5.11. The molecule has 0 N–H and O–H groups in total. The van der Waals surface area contributed by atoms with Gasteiger partial charge in [-0.2, -0.15) is 0 Å². The van der Waals surface area contributed by atoms with E-state index in [1.54, 1.807) is 12.3 Å². The second-order valence-corrected chi connectivity index (χ2v) is 6.68. The van der Waals surface area contributed by atoms with Gasteiger partial charge in [0, 0.05) is 35.8 Å². The van der Waals surface area contributed by atoms with Gasteiger partial charge < -0.3 is 9.47 Å². The van der Waals surface area contributed by atoms with Crippen LogP contribution < -0.4 is 5.43 Å². The van der Waals surface area contributed by atoms with Crippen molar-refractivity contribution in [3.63, 3.8) is 0 Å². The fourth-order valence-electron chi connectivity index (χ4n) is 3.42. The monoisotopic (exact) mass is 352 g/mol. The van der Waals surface area contributed by atoms with Crippen molar-refractivity contribution in [3.05, 3.63) is 81.1 Å². The van der Waals surface area contributed by atoms with Crippen LogP contribution in [-0.4, -0.2) is 21.9 Å². The molecule has 0 unspecified atom stereocenters. The number of halogens is 1. The molecule has 1 aliphatic heterocycles. The Balaban J connectivity index is 1.60. The fraction of sp³-hybridized carbons (Fsp3) is 0.200. The summed E-state index contributed by atoms with van der Waals surface area (Å²) in [5.74, 6) is 0.0411. The first-order chi connectivity index (χ1) is 12.1. The topological polar surface area (TPSA) is 42.3 Å². The van der Waals surface area contributed by atoms with Crippen molar-refractivity contribution in [1.82, 2.24) is 9.47 Å². The van der Waals surface area contributed by atoms with Crippen molar-refractivity contribution >= 4 is 28.4 Å². The molecule has 0 bridgehead atoms. The molecule has 0 radical (unpaired) electrons. The highest BCUT2D eigenvalue weighted by molar-refractivity contribution is 6.31. The Morgan fingerprint density at radius 2 is 1.92 bits per heavy atom. The van der Waals surface area contributed by atoms with Gasteiger partial charge in [-0.1, -0.05) is 35.9 Å². The molecule has 2 heterocycles. The summed E-state index contributed by atoms with van der Waals surface area (Å²) in [6.45, 7) is 1.46. The highest BCUT2D eigenvalue weighted by Gasteiger charge is 2.22. The third kappa shape index (κ3) is 2.94. The molecule has 126 valence electrons. The van der Waals surface area contributed by atoms with Gasteiger partial charge in [-0.15, -0.1) is 0 Å². The maximum Gasteiger partial charge on any atom is 0.242 e. The molecule has 1 aliphatic rings. The van der Waals surface area contributed by atoms with Crippen LogP contribution in [0.15, 0.2) is 59.5 Å². The summed E-state index contributed by atoms with van der Waals surface area (Å²) in [6, 6.07) is 14.7. The summed E-state index contributed by atoms with van der Waals surface area (Å²) in [5.41, 5.74) is 3.00. The number of pyridine rings is 1. The average Bonchev–Trinajstić information content (AvgIpc) is 2.64. The smallest absolute Gasteiger partial charge is 0.242 e. The lowest BCUT2D eigenvalue weighted by Gasteiger charge is -2.30. The number of nitrogens with zero attached hydrogens (tertiary/aromatic N) is 2. The van der Waals surface area contributed by atoms with Gasteiger partial charge in [0.2, 0.25) is 5.91 Å². The quantitative estimate of drug-likeness (QED) is 0.710. The minimum atomic E-state index is -0.0270. The molecule has 1 amide bonds. The van der Waals surface area contributed by atoms with Gasteiger partial charge in [0.1, 0.15) is 6.54 Å². The van der Waals surface area contributed by atoms with Gasteiger partial charge in [-0.25, -0.2) is 0 Å². The number of carbonyl (C=O) groups is 1. The van der Waals surface area contributed by atoms with E-state index in [1.807, 2.05) is 45.9 Å². The summed E-state index contributed by atoms with van der Waals surface area (Å²) >= 11 is 6.24. The standard InChI is InChI=1S/C20H17ClN2O2/c21-17-6-3-4-14-12-23(10-8-15(14)17)20(25)13-22-11-9-19(24)16-5-1-2-7-18(16)22/h1-7,9,11H,8,10,12-13H2. The zero-order valence-corrected chi connectivity index (χ0v) is 14.4. The van der Waals surface area contributed by atoms with E-state index in [9.17, 15) is 9.59 Å². The number of benzene rings is 2. The van der Waals surface area contributed by atoms with E-state index < -0.39 is 0 Å². The van der Waals surface area contributed by atoms with Gasteiger partial charge in [-0.3, -0.25) is 9.59 Å². The predicted octanol–water partition coefficient (Wildman–Crippen LogP) is 3.24. The first-order valence-electron chi connectivity index (χ1n) is 8.26. The number of carbonyl (C=O) groups excluding carboxylic acids is 1. The van der Waals surface area contributed by atoms with Gasteiger partial charge in [0.15, 0.2) is 5.43 Å². The van der Waals surface area contributed by atoms with Crippen LogP contribution in [0.4, 0.5) is 0 Å². The van der Waals surface area contributed by atoms with Crippen molar-refractivity contribution in [2.45, 2.75) is 19.5 Å². The molecule has 0 fully saturated rings. The molecule has 1 aromatic heterocycles. The van der Waals surface area contributed by atoms with Crippen LogP contribution in [0.1, 0.15) is 11.1 Å². The maximum absolute atomic E-state index is 12.8. The fourth-order valence-corrected chi connectivity index (χ4v) is 3.71. The van der Waals surface area contributed by atoms with Gasteiger partial charge in [0.25, 0.3) is 0 Å². The lowest BCUT2D eigenvalue weighted by Crippen LogP contribution is -2.38. The van der Waals surface area contributed by atoms with E-state index in [2.05, 4.69) is 0 Å². The Morgan fingerprint density at radius 3 is 2.80 bits per heavy atom. The van der Waals surface area contributed by atoms with E-state index >= 15 is 0 Å². The second kappa shape index (κ2) is 6.37. The summed E-state index contributed by atoms with van der Waals surface area (Å²) in [4.78, 5) is 26.6. The van der Waals surface area contributed by atoms with Crippen LogP contribution in [0, 0.1) is 0 Å². The molecule has 2 aromatic carbocycles. The number of amides is 1. The molecular formula is C20H17ClN2O2. The Labute approximate surface area is 150 Å². The molecule has 0 spiro atoms. The highest BCUT2D eigenvalue weighted by Crippen LogP contribution is 2.26. The SMILES string of the molecule is O=C(Cn1ccc(=O)c2ccccc21)N1CCc2c(Cl)cccc2C1. The van der Waals surface area contributed by atoms with E-state index in [-0.39, 0.29) is 17.9 Å². The van der Waals surface area contributed by atoms with Gasteiger partial charge in [-0.05, 0) is 35.7 Å². The summed E-state index contributed by atoms with van der Waals surface area (Å²) < 4.78 is 1.84. The summed E-state index contributed by atoms with van der Waals surface area (Å²) in [7, 11) is 0. The minimum absolute atomic E-state index is 0.0270. The zero-order chi connectivity index (χ0) is 17.4. The molecular weight excluding hydrogens is 336 g/mol. The van der Waals surface area contributed by atoms with Crippen molar-refractivity contribution in [2.24, 2.45) is 0 Å². The zero-order valence-electron chi connectivity index (χ0n) is 13.6.